The summed E-state index contributed by atoms with van der Waals surface area (Å²) >= 11 is 0. The van der Waals surface area contributed by atoms with Crippen LogP contribution in [0.4, 0.5) is 10.1 Å². The molecule has 0 aromatic heterocycles. The Morgan fingerprint density at radius 1 is 1.22 bits per heavy atom. The summed E-state index contributed by atoms with van der Waals surface area (Å²) in [6.07, 6.45) is 3.60. The van der Waals surface area contributed by atoms with Gasteiger partial charge in [0, 0.05) is 18.8 Å². The second-order valence-electron chi connectivity index (χ2n) is 7.65. The third-order valence-electron chi connectivity index (χ3n) is 5.06. The van der Waals surface area contributed by atoms with E-state index in [-0.39, 0.29) is 22.5 Å². The monoisotopic (exact) mass is 398 g/mol. The molecule has 2 rings (SSSR count). The van der Waals surface area contributed by atoms with E-state index in [1.165, 1.54) is 0 Å². The average molecular weight is 399 g/mol. The number of likely N-dealkylation sites (tertiary alicyclic amines) is 1. The molecule has 1 aliphatic rings. The van der Waals surface area contributed by atoms with Crippen molar-refractivity contribution in [3.05, 3.63) is 24.0 Å². The van der Waals surface area contributed by atoms with Gasteiger partial charge in [-0.15, -0.1) is 0 Å². The van der Waals surface area contributed by atoms with E-state index in [1.54, 1.807) is 4.90 Å². The van der Waals surface area contributed by atoms with Gasteiger partial charge in [0.2, 0.25) is 0 Å². The number of carbonyl (C=O) groups is 2. The number of amides is 2. The van der Waals surface area contributed by atoms with Gasteiger partial charge in [0.25, 0.3) is 0 Å². The number of benzene rings is 1. The van der Waals surface area contributed by atoms with Crippen LogP contribution in [0, 0.1) is 17.7 Å². The summed E-state index contributed by atoms with van der Waals surface area (Å²) in [7, 11) is -3.56. The second kappa shape index (κ2) is 8.37. The molecule has 0 spiro atoms. The third-order valence-corrected chi connectivity index (χ3v) is 6.17. The number of anilines is 1. The Hall–Kier alpha value is -1.96. The highest BCUT2D eigenvalue weighted by Gasteiger charge is 2.33. The molecule has 6 nitrogen and oxygen atoms in total. The fourth-order valence-electron chi connectivity index (χ4n) is 3.36. The molecule has 1 aromatic carbocycles. The minimum absolute atomic E-state index is 0.0552. The minimum Gasteiger partial charge on any atom is -0.331 e. The summed E-state index contributed by atoms with van der Waals surface area (Å²) in [5.41, 5.74) is -0.319. The quantitative estimate of drug-likeness (QED) is 0.627. The van der Waals surface area contributed by atoms with Crippen molar-refractivity contribution in [2.24, 2.45) is 11.8 Å². The molecule has 1 heterocycles. The highest BCUT2D eigenvalue weighted by Crippen LogP contribution is 2.26. The van der Waals surface area contributed by atoms with E-state index in [2.05, 4.69) is 12.2 Å². The SMILES string of the molecule is CC(C)[C@H]1CC[C@@H](C)CCN1C(=O)C(=O)Nc1cc(S(C)(=O)=O)ccc1F. The molecular weight excluding hydrogens is 371 g/mol. The number of hydrogen-bond acceptors (Lipinski definition) is 4. The topological polar surface area (TPSA) is 83.6 Å². The maximum absolute atomic E-state index is 14.0. The normalized spacial score (nSPS) is 21.0. The van der Waals surface area contributed by atoms with Gasteiger partial charge in [-0.05, 0) is 49.3 Å². The van der Waals surface area contributed by atoms with Gasteiger partial charge in [-0.3, -0.25) is 9.59 Å². The van der Waals surface area contributed by atoms with E-state index in [9.17, 15) is 22.4 Å². The van der Waals surface area contributed by atoms with E-state index in [0.29, 0.717) is 12.5 Å². The lowest BCUT2D eigenvalue weighted by Crippen LogP contribution is -2.47. The van der Waals surface area contributed by atoms with E-state index in [4.69, 9.17) is 0 Å². The lowest BCUT2D eigenvalue weighted by atomic mass is 9.95. The number of nitrogens with one attached hydrogen (secondary N) is 1. The van der Waals surface area contributed by atoms with Crippen molar-refractivity contribution in [2.45, 2.75) is 51.0 Å². The largest absolute Gasteiger partial charge is 0.331 e. The van der Waals surface area contributed by atoms with Gasteiger partial charge < -0.3 is 10.2 Å². The number of rotatable bonds is 3. The number of carbonyl (C=O) groups excluding carboxylic acids is 2. The molecule has 0 radical (unpaired) electrons. The van der Waals surface area contributed by atoms with Crippen LogP contribution >= 0.6 is 0 Å². The van der Waals surface area contributed by atoms with Crippen LogP contribution in [0.3, 0.4) is 0 Å². The summed E-state index contributed by atoms with van der Waals surface area (Å²) in [5.74, 6) is -1.81. The zero-order valence-corrected chi connectivity index (χ0v) is 17.0. The number of nitrogens with zero attached hydrogens (tertiary/aromatic N) is 1. The van der Waals surface area contributed by atoms with Crippen LogP contribution in [0.25, 0.3) is 0 Å². The van der Waals surface area contributed by atoms with E-state index in [1.807, 2.05) is 13.8 Å². The van der Waals surface area contributed by atoms with Crippen LogP contribution in [-0.2, 0) is 19.4 Å². The molecule has 1 N–H and O–H groups in total. The van der Waals surface area contributed by atoms with Crippen molar-refractivity contribution in [1.29, 1.82) is 0 Å². The lowest BCUT2D eigenvalue weighted by Gasteiger charge is -2.32. The van der Waals surface area contributed by atoms with Crippen molar-refractivity contribution in [3.8, 4) is 0 Å². The molecule has 2 amide bonds. The van der Waals surface area contributed by atoms with Crippen molar-refractivity contribution in [1.82, 2.24) is 4.90 Å². The van der Waals surface area contributed by atoms with Crippen LogP contribution in [0.1, 0.15) is 40.0 Å². The van der Waals surface area contributed by atoms with Gasteiger partial charge in [0.1, 0.15) is 5.82 Å². The molecule has 0 unspecified atom stereocenters. The predicted molar refractivity (Wildman–Crippen MR) is 101 cm³/mol. The Morgan fingerprint density at radius 3 is 2.48 bits per heavy atom. The van der Waals surface area contributed by atoms with Gasteiger partial charge in [0.05, 0.1) is 10.6 Å². The fourth-order valence-corrected chi connectivity index (χ4v) is 4.01. The first-order valence-electron chi connectivity index (χ1n) is 9.12. The van der Waals surface area contributed by atoms with Gasteiger partial charge in [-0.25, -0.2) is 12.8 Å². The summed E-state index contributed by atoms with van der Waals surface area (Å²) in [6.45, 7) is 6.61. The number of sulfone groups is 1. The number of hydrogen-bond donors (Lipinski definition) is 1. The molecule has 27 heavy (non-hydrogen) atoms. The maximum Gasteiger partial charge on any atom is 0.313 e. The van der Waals surface area contributed by atoms with Crippen molar-refractivity contribution in [2.75, 3.05) is 18.1 Å². The summed E-state index contributed by atoms with van der Waals surface area (Å²) in [6, 6.07) is 3.05. The lowest BCUT2D eigenvalue weighted by molar-refractivity contribution is -0.145. The third kappa shape index (κ3) is 5.28. The molecule has 2 atom stereocenters. The van der Waals surface area contributed by atoms with Crippen LogP contribution in [0.15, 0.2) is 23.1 Å². The first-order chi connectivity index (χ1) is 12.5. The Labute approximate surface area is 160 Å². The minimum atomic E-state index is -3.56. The van der Waals surface area contributed by atoms with Crippen molar-refractivity contribution < 1.29 is 22.4 Å². The second-order valence-corrected chi connectivity index (χ2v) is 9.66. The van der Waals surface area contributed by atoms with Gasteiger partial charge in [-0.1, -0.05) is 20.8 Å². The van der Waals surface area contributed by atoms with Crippen LogP contribution in [0.5, 0.6) is 0 Å². The molecule has 0 bridgehead atoms. The highest BCUT2D eigenvalue weighted by molar-refractivity contribution is 7.90. The summed E-state index contributed by atoms with van der Waals surface area (Å²) in [4.78, 5) is 26.7. The Balaban J connectivity index is 2.23. The van der Waals surface area contributed by atoms with Crippen LogP contribution in [0.2, 0.25) is 0 Å². The molecule has 0 aliphatic carbocycles. The zero-order valence-electron chi connectivity index (χ0n) is 16.2. The molecule has 0 saturated carbocycles. The highest BCUT2D eigenvalue weighted by atomic mass is 32.2. The maximum atomic E-state index is 14.0. The molecule has 1 aliphatic heterocycles. The first-order valence-corrected chi connectivity index (χ1v) is 11.0. The molecular formula is C19H27FN2O4S. The molecule has 150 valence electrons. The average Bonchev–Trinajstić information content (AvgIpc) is 2.76. The Morgan fingerprint density at radius 2 is 1.89 bits per heavy atom. The first kappa shape index (κ1) is 21.3. The standard InChI is InChI=1S/C19H27FN2O4S/c1-12(2)17-8-5-13(3)9-10-22(17)19(24)18(23)21-16-11-14(27(4,25)26)6-7-15(16)20/h6-7,11-13,17H,5,8-10H2,1-4H3,(H,21,23)/t13-,17-/m1/s1. The zero-order chi connectivity index (χ0) is 20.4. The number of halogens is 1. The Kier molecular flexibility index (Phi) is 6.62. The van der Waals surface area contributed by atoms with E-state index < -0.39 is 27.5 Å². The van der Waals surface area contributed by atoms with E-state index in [0.717, 1.165) is 43.7 Å². The smallest absolute Gasteiger partial charge is 0.313 e. The van der Waals surface area contributed by atoms with Gasteiger partial charge in [-0.2, -0.15) is 0 Å². The summed E-state index contributed by atoms with van der Waals surface area (Å²) in [5, 5.41) is 2.24. The van der Waals surface area contributed by atoms with E-state index >= 15 is 0 Å². The molecule has 1 aromatic rings. The predicted octanol–water partition coefficient (Wildman–Crippen LogP) is 2.84. The molecule has 1 fully saturated rings. The van der Waals surface area contributed by atoms with Crippen molar-refractivity contribution in [3.63, 3.8) is 0 Å². The molecule has 8 heteroatoms. The van der Waals surface area contributed by atoms with Crippen LogP contribution in [-0.4, -0.2) is 44.0 Å². The molecule has 1 saturated heterocycles. The summed E-state index contributed by atoms with van der Waals surface area (Å²) < 4.78 is 37.3. The van der Waals surface area contributed by atoms with Crippen molar-refractivity contribution >= 4 is 27.3 Å². The van der Waals surface area contributed by atoms with Crippen LogP contribution < -0.4 is 5.32 Å². The van der Waals surface area contributed by atoms with Gasteiger partial charge in [0.15, 0.2) is 9.84 Å². The Bertz CT molecular complexity index is 823. The van der Waals surface area contributed by atoms with Gasteiger partial charge >= 0.3 is 11.8 Å². The fraction of sp³-hybridized carbons (Fsp3) is 0.579.